The number of rotatable bonds is 3. The first kappa shape index (κ1) is 16.4. The van der Waals surface area contributed by atoms with E-state index in [1.807, 2.05) is 44.2 Å². The Hall–Kier alpha value is -3.06. The monoisotopic (exact) mass is 364 g/mol. The molecule has 0 fully saturated rings. The Labute approximate surface area is 153 Å². The molecule has 26 heavy (non-hydrogen) atoms. The lowest BCUT2D eigenvalue weighted by Crippen LogP contribution is -2.28. The van der Waals surface area contributed by atoms with Gasteiger partial charge in [-0.05, 0) is 43.2 Å². The molecule has 0 bridgehead atoms. The Kier molecular flexibility index (Phi) is 4.00. The number of hydrogen-bond donors (Lipinski definition) is 1. The fourth-order valence-electron chi connectivity index (χ4n) is 2.85. The SMILES string of the molecule is Cc1ccc2nc(NC(=O)Cn3cnc4c(C)cccc4c3=O)sc2c1. The van der Waals surface area contributed by atoms with Crippen LogP contribution in [0.4, 0.5) is 5.13 Å². The molecule has 130 valence electrons. The van der Waals surface area contributed by atoms with Crippen molar-refractivity contribution in [2.45, 2.75) is 20.4 Å². The van der Waals surface area contributed by atoms with Gasteiger partial charge in [0.15, 0.2) is 5.13 Å². The molecule has 0 spiro atoms. The zero-order valence-electron chi connectivity index (χ0n) is 14.3. The molecule has 0 aliphatic carbocycles. The van der Waals surface area contributed by atoms with Crippen molar-refractivity contribution in [1.82, 2.24) is 14.5 Å². The van der Waals surface area contributed by atoms with E-state index in [0.717, 1.165) is 21.3 Å². The molecule has 0 aliphatic heterocycles. The molecule has 2 heterocycles. The van der Waals surface area contributed by atoms with Crippen LogP contribution in [0.3, 0.4) is 0 Å². The van der Waals surface area contributed by atoms with Crippen molar-refractivity contribution in [3.63, 3.8) is 0 Å². The van der Waals surface area contributed by atoms with Gasteiger partial charge in [-0.1, -0.05) is 29.5 Å². The number of amides is 1. The third-order valence-corrected chi connectivity index (χ3v) is 5.09. The first-order valence-corrected chi connectivity index (χ1v) is 8.95. The van der Waals surface area contributed by atoms with Crippen LogP contribution in [0.5, 0.6) is 0 Å². The summed E-state index contributed by atoms with van der Waals surface area (Å²) in [6, 6.07) is 11.4. The van der Waals surface area contributed by atoms with Crippen LogP contribution in [0, 0.1) is 13.8 Å². The van der Waals surface area contributed by atoms with E-state index in [9.17, 15) is 9.59 Å². The molecule has 0 saturated carbocycles. The second-order valence-electron chi connectivity index (χ2n) is 6.19. The van der Waals surface area contributed by atoms with Crippen LogP contribution in [0.2, 0.25) is 0 Å². The number of aromatic nitrogens is 3. The van der Waals surface area contributed by atoms with E-state index >= 15 is 0 Å². The summed E-state index contributed by atoms with van der Waals surface area (Å²) in [4.78, 5) is 33.6. The molecule has 1 N–H and O–H groups in total. The molecule has 7 heteroatoms. The molecule has 4 rings (SSSR count). The maximum atomic E-state index is 12.6. The van der Waals surface area contributed by atoms with Crippen LogP contribution in [-0.4, -0.2) is 20.4 Å². The fourth-order valence-corrected chi connectivity index (χ4v) is 3.83. The fraction of sp³-hybridized carbons (Fsp3) is 0.158. The Morgan fingerprint density at radius 3 is 2.92 bits per heavy atom. The number of nitrogens with zero attached hydrogens (tertiary/aromatic N) is 3. The highest BCUT2D eigenvalue weighted by Crippen LogP contribution is 2.26. The highest BCUT2D eigenvalue weighted by atomic mass is 32.1. The van der Waals surface area contributed by atoms with Crippen LogP contribution in [0.25, 0.3) is 21.1 Å². The Balaban J connectivity index is 1.58. The number of carbonyl (C=O) groups is 1. The minimum absolute atomic E-state index is 0.106. The van der Waals surface area contributed by atoms with Gasteiger partial charge in [0.1, 0.15) is 6.54 Å². The van der Waals surface area contributed by atoms with Crippen LogP contribution >= 0.6 is 11.3 Å². The molecule has 0 saturated heterocycles. The predicted octanol–water partition coefficient (Wildman–Crippen LogP) is 3.26. The number of para-hydroxylation sites is 1. The first-order valence-electron chi connectivity index (χ1n) is 8.13. The van der Waals surface area contributed by atoms with Gasteiger partial charge in [-0.3, -0.25) is 14.2 Å². The quantitative estimate of drug-likeness (QED) is 0.605. The van der Waals surface area contributed by atoms with Crippen molar-refractivity contribution in [2.24, 2.45) is 0 Å². The van der Waals surface area contributed by atoms with Crippen molar-refractivity contribution in [3.05, 3.63) is 64.2 Å². The number of anilines is 1. The van der Waals surface area contributed by atoms with Crippen molar-refractivity contribution < 1.29 is 4.79 Å². The average molecular weight is 364 g/mol. The number of benzene rings is 2. The molecule has 2 aromatic carbocycles. The number of nitrogens with one attached hydrogen (secondary N) is 1. The number of hydrogen-bond acceptors (Lipinski definition) is 5. The van der Waals surface area contributed by atoms with Crippen LogP contribution in [0.15, 0.2) is 47.5 Å². The molecule has 2 aromatic heterocycles. The van der Waals surface area contributed by atoms with Gasteiger partial charge in [-0.2, -0.15) is 0 Å². The summed E-state index contributed by atoms with van der Waals surface area (Å²) in [5, 5.41) is 3.80. The van der Waals surface area contributed by atoms with E-state index in [1.165, 1.54) is 22.2 Å². The maximum absolute atomic E-state index is 12.6. The van der Waals surface area contributed by atoms with E-state index in [1.54, 1.807) is 6.07 Å². The zero-order chi connectivity index (χ0) is 18.3. The van der Waals surface area contributed by atoms with Crippen LogP contribution < -0.4 is 10.9 Å². The van der Waals surface area contributed by atoms with Gasteiger partial charge in [0.25, 0.3) is 5.56 Å². The average Bonchev–Trinajstić information content (AvgIpc) is 2.99. The molecule has 1 amide bonds. The molecule has 0 unspecified atom stereocenters. The zero-order valence-corrected chi connectivity index (χ0v) is 15.1. The third-order valence-electron chi connectivity index (χ3n) is 4.16. The minimum Gasteiger partial charge on any atom is -0.300 e. The van der Waals surface area contributed by atoms with E-state index in [-0.39, 0.29) is 18.0 Å². The Bertz CT molecular complexity index is 1210. The molecular formula is C19H16N4O2S. The lowest BCUT2D eigenvalue weighted by molar-refractivity contribution is -0.116. The van der Waals surface area contributed by atoms with Crippen molar-refractivity contribution in [1.29, 1.82) is 0 Å². The lowest BCUT2D eigenvalue weighted by Gasteiger charge is -2.07. The van der Waals surface area contributed by atoms with Gasteiger partial charge < -0.3 is 5.32 Å². The minimum atomic E-state index is -0.309. The smallest absolute Gasteiger partial charge is 0.261 e. The normalized spacial score (nSPS) is 11.2. The second kappa shape index (κ2) is 6.34. The molecule has 0 radical (unpaired) electrons. The summed E-state index contributed by atoms with van der Waals surface area (Å²) in [6.45, 7) is 3.81. The molecule has 6 nitrogen and oxygen atoms in total. The van der Waals surface area contributed by atoms with Gasteiger partial charge in [-0.15, -0.1) is 0 Å². The molecular weight excluding hydrogens is 348 g/mol. The van der Waals surface area contributed by atoms with E-state index in [0.29, 0.717) is 16.0 Å². The van der Waals surface area contributed by atoms with Gasteiger partial charge in [0.2, 0.25) is 5.91 Å². The number of aryl methyl sites for hydroxylation is 2. The van der Waals surface area contributed by atoms with Crippen molar-refractivity contribution in [3.8, 4) is 0 Å². The van der Waals surface area contributed by atoms with E-state index in [4.69, 9.17) is 0 Å². The standard InChI is InChI=1S/C19H16N4O2S/c1-11-6-7-14-15(8-11)26-19(21-14)22-16(24)9-23-10-20-17-12(2)4-3-5-13(17)18(23)25/h3-8,10H,9H2,1-2H3,(H,21,22,24). The summed E-state index contributed by atoms with van der Waals surface area (Å²) >= 11 is 1.41. The number of carbonyl (C=O) groups excluding carboxylic acids is 1. The Morgan fingerprint density at radius 2 is 2.08 bits per heavy atom. The van der Waals surface area contributed by atoms with E-state index in [2.05, 4.69) is 15.3 Å². The summed E-state index contributed by atoms with van der Waals surface area (Å²) in [7, 11) is 0. The van der Waals surface area contributed by atoms with E-state index < -0.39 is 0 Å². The number of thiazole rings is 1. The summed E-state index contributed by atoms with van der Waals surface area (Å²) in [5.74, 6) is -0.309. The highest BCUT2D eigenvalue weighted by Gasteiger charge is 2.11. The number of fused-ring (bicyclic) bond motifs is 2. The summed E-state index contributed by atoms with van der Waals surface area (Å²) in [5.41, 5.74) is 3.35. The van der Waals surface area contributed by atoms with Crippen LogP contribution in [-0.2, 0) is 11.3 Å². The topological polar surface area (TPSA) is 76.9 Å². The van der Waals surface area contributed by atoms with Gasteiger partial charge >= 0.3 is 0 Å². The largest absolute Gasteiger partial charge is 0.300 e. The molecule has 4 aromatic rings. The van der Waals surface area contributed by atoms with Gasteiger partial charge in [0.05, 0.1) is 27.4 Å². The maximum Gasteiger partial charge on any atom is 0.261 e. The molecule has 0 aliphatic rings. The summed E-state index contributed by atoms with van der Waals surface area (Å²) in [6.07, 6.45) is 1.42. The van der Waals surface area contributed by atoms with Gasteiger partial charge in [0, 0.05) is 0 Å². The highest BCUT2D eigenvalue weighted by molar-refractivity contribution is 7.22. The third kappa shape index (κ3) is 2.97. The van der Waals surface area contributed by atoms with Crippen molar-refractivity contribution in [2.75, 3.05) is 5.32 Å². The lowest BCUT2D eigenvalue weighted by atomic mass is 10.1. The van der Waals surface area contributed by atoms with Crippen LogP contribution in [0.1, 0.15) is 11.1 Å². The van der Waals surface area contributed by atoms with Gasteiger partial charge in [-0.25, -0.2) is 9.97 Å². The van der Waals surface area contributed by atoms with Crippen molar-refractivity contribution >= 4 is 43.5 Å². The molecule has 0 atom stereocenters. The summed E-state index contributed by atoms with van der Waals surface area (Å²) < 4.78 is 2.33. The Morgan fingerprint density at radius 1 is 1.23 bits per heavy atom. The second-order valence-corrected chi connectivity index (χ2v) is 7.22. The first-order chi connectivity index (χ1) is 12.5. The predicted molar refractivity (Wildman–Crippen MR) is 104 cm³/mol.